The number of piperazine rings is 1. The maximum atomic E-state index is 12.5. The molecule has 0 aromatic heterocycles. The first-order chi connectivity index (χ1) is 10.2. The van der Waals surface area contributed by atoms with Crippen LogP contribution in [0.5, 0.6) is 0 Å². The Balaban J connectivity index is 0.00000264. The molecule has 6 heteroatoms. The van der Waals surface area contributed by atoms with Crippen LogP contribution in [0.4, 0.5) is 5.69 Å². The highest BCUT2D eigenvalue weighted by molar-refractivity contribution is 6.30. The summed E-state index contributed by atoms with van der Waals surface area (Å²) >= 11 is 5.97. The Morgan fingerprint density at radius 2 is 1.78 bits per heavy atom. The van der Waals surface area contributed by atoms with Crippen LogP contribution in [0.15, 0.2) is 24.3 Å². The number of carbonyl (C=O) groups excluding carboxylic acids is 1. The Morgan fingerprint density at radius 1 is 1.22 bits per heavy atom. The van der Waals surface area contributed by atoms with E-state index < -0.39 is 6.04 Å². The first kappa shape index (κ1) is 20.1. The van der Waals surface area contributed by atoms with E-state index >= 15 is 0 Å². The molecule has 0 saturated carbocycles. The van der Waals surface area contributed by atoms with E-state index in [2.05, 4.69) is 18.7 Å². The molecule has 1 fully saturated rings. The molecule has 23 heavy (non-hydrogen) atoms. The lowest BCUT2D eigenvalue weighted by atomic mass is 9.96. The Hall–Kier alpha value is -0.970. The van der Waals surface area contributed by atoms with Gasteiger partial charge in [0.15, 0.2) is 0 Å². The molecule has 1 amide bonds. The normalized spacial score (nSPS) is 18.6. The standard InChI is InChI=1S/C17H26ClN3O.ClH/c1-12(2)15(19)16(22)20-9-10-21(17(3,4)11-20)14-7-5-13(18)6-8-14;/h5-8,12,15H,9-11,19H2,1-4H3;1H/t15-;/m1./s1. The van der Waals surface area contributed by atoms with E-state index in [0.29, 0.717) is 13.1 Å². The fourth-order valence-electron chi connectivity index (χ4n) is 2.94. The molecule has 0 radical (unpaired) electrons. The van der Waals surface area contributed by atoms with Crippen molar-refractivity contribution in [1.29, 1.82) is 0 Å². The molecule has 1 saturated heterocycles. The van der Waals surface area contributed by atoms with Gasteiger partial charge in [-0.3, -0.25) is 4.79 Å². The lowest BCUT2D eigenvalue weighted by Gasteiger charge is -2.49. The van der Waals surface area contributed by atoms with Crippen LogP contribution in [0.3, 0.4) is 0 Å². The van der Waals surface area contributed by atoms with Gasteiger partial charge < -0.3 is 15.5 Å². The average Bonchev–Trinajstić information content (AvgIpc) is 2.45. The SMILES string of the molecule is CC(C)[C@@H](N)C(=O)N1CCN(c2ccc(Cl)cc2)C(C)(C)C1.Cl. The van der Waals surface area contributed by atoms with Crippen LogP contribution >= 0.6 is 24.0 Å². The van der Waals surface area contributed by atoms with Crippen molar-refractivity contribution in [1.82, 2.24) is 4.90 Å². The summed E-state index contributed by atoms with van der Waals surface area (Å²) in [6.07, 6.45) is 0. The summed E-state index contributed by atoms with van der Waals surface area (Å²) in [5.74, 6) is 0.212. The van der Waals surface area contributed by atoms with Gasteiger partial charge in [0, 0.05) is 30.3 Å². The monoisotopic (exact) mass is 359 g/mol. The van der Waals surface area contributed by atoms with Gasteiger partial charge in [0.2, 0.25) is 5.91 Å². The van der Waals surface area contributed by atoms with Crippen molar-refractivity contribution in [3.63, 3.8) is 0 Å². The van der Waals surface area contributed by atoms with Gasteiger partial charge in [-0.05, 0) is 44.0 Å². The zero-order valence-electron chi connectivity index (χ0n) is 14.3. The predicted octanol–water partition coefficient (Wildman–Crippen LogP) is 3.17. The second-order valence-electron chi connectivity index (χ2n) is 6.97. The van der Waals surface area contributed by atoms with Gasteiger partial charge in [0.25, 0.3) is 0 Å². The van der Waals surface area contributed by atoms with E-state index in [1.165, 1.54) is 0 Å². The maximum absolute atomic E-state index is 12.5. The molecule has 1 heterocycles. The molecule has 0 aliphatic carbocycles. The molecular formula is C17H27Cl2N3O. The van der Waals surface area contributed by atoms with E-state index in [1.54, 1.807) is 0 Å². The van der Waals surface area contributed by atoms with Crippen LogP contribution in [0, 0.1) is 5.92 Å². The van der Waals surface area contributed by atoms with Gasteiger partial charge >= 0.3 is 0 Å². The first-order valence-electron chi connectivity index (χ1n) is 7.80. The van der Waals surface area contributed by atoms with Crippen LogP contribution in [0.2, 0.25) is 5.02 Å². The number of anilines is 1. The summed E-state index contributed by atoms with van der Waals surface area (Å²) in [5.41, 5.74) is 7.02. The molecule has 0 bridgehead atoms. The Morgan fingerprint density at radius 3 is 2.26 bits per heavy atom. The second kappa shape index (κ2) is 7.73. The first-order valence-corrected chi connectivity index (χ1v) is 8.18. The lowest BCUT2D eigenvalue weighted by molar-refractivity contribution is -0.135. The second-order valence-corrected chi connectivity index (χ2v) is 7.41. The van der Waals surface area contributed by atoms with E-state index in [9.17, 15) is 4.79 Å². The van der Waals surface area contributed by atoms with E-state index in [1.807, 2.05) is 43.0 Å². The average molecular weight is 360 g/mol. The van der Waals surface area contributed by atoms with Gasteiger partial charge in [0.05, 0.1) is 11.6 Å². The van der Waals surface area contributed by atoms with Crippen LogP contribution in [-0.2, 0) is 4.79 Å². The van der Waals surface area contributed by atoms with Crippen molar-refractivity contribution in [3.05, 3.63) is 29.3 Å². The molecule has 1 aliphatic rings. The minimum atomic E-state index is -0.419. The van der Waals surface area contributed by atoms with Gasteiger partial charge in [-0.1, -0.05) is 25.4 Å². The Bertz CT molecular complexity index is 531. The van der Waals surface area contributed by atoms with Crippen LogP contribution in [0.25, 0.3) is 0 Å². The largest absolute Gasteiger partial charge is 0.363 e. The van der Waals surface area contributed by atoms with Crippen molar-refractivity contribution in [2.75, 3.05) is 24.5 Å². The number of halogens is 2. The fourth-order valence-corrected chi connectivity index (χ4v) is 3.06. The van der Waals surface area contributed by atoms with E-state index in [4.69, 9.17) is 17.3 Å². The van der Waals surface area contributed by atoms with Crippen molar-refractivity contribution >= 4 is 35.6 Å². The summed E-state index contributed by atoms with van der Waals surface area (Å²) < 4.78 is 0. The fraction of sp³-hybridized carbons (Fsp3) is 0.588. The van der Waals surface area contributed by atoms with Crippen molar-refractivity contribution in [2.45, 2.75) is 39.3 Å². The van der Waals surface area contributed by atoms with Crippen molar-refractivity contribution in [3.8, 4) is 0 Å². The third kappa shape index (κ3) is 4.52. The molecule has 2 rings (SSSR count). The number of hydrogen-bond acceptors (Lipinski definition) is 3. The van der Waals surface area contributed by atoms with Crippen LogP contribution in [0.1, 0.15) is 27.7 Å². The Kier molecular flexibility index (Phi) is 6.75. The molecule has 0 unspecified atom stereocenters. The zero-order valence-corrected chi connectivity index (χ0v) is 15.8. The number of nitrogens with zero attached hydrogens (tertiary/aromatic N) is 2. The summed E-state index contributed by atoms with van der Waals surface area (Å²) in [4.78, 5) is 16.7. The Labute approximate surface area is 150 Å². The van der Waals surface area contributed by atoms with Gasteiger partial charge in [0.1, 0.15) is 0 Å². The topological polar surface area (TPSA) is 49.6 Å². The van der Waals surface area contributed by atoms with Gasteiger partial charge in [-0.15, -0.1) is 12.4 Å². The molecule has 1 aromatic rings. The van der Waals surface area contributed by atoms with Crippen molar-refractivity contribution < 1.29 is 4.79 Å². The highest BCUT2D eigenvalue weighted by Gasteiger charge is 2.37. The number of benzene rings is 1. The van der Waals surface area contributed by atoms with E-state index in [0.717, 1.165) is 17.3 Å². The number of nitrogens with two attached hydrogens (primary N) is 1. The molecule has 2 N–H and O–H groups in total. The van der Waals surface area contributed by atoms with Gasteiger partial charge in [-0.25, -0.2) is 0 Å². The quantitative estimate of drug-likeness (QED) is 0.901. The summed E-state index contributed by atoms with van der Waals surface area (Å²) in [5, 5.41) is 0.735. The summed E-state index contributed by atoms with van der Waals surface area (Å²) in [6, 6.07) is 7.44. The highest BCUT2D eigenvalue weighted by atomic mass is 35.5. The molecule has 1 aliphatic heterocycles. The minimum absolute atomic E-state index is 0. The molecule has 4 nitrogen and oxygen atoms in total. The number of carbonyl (C=O) groups is 1. The molecular weight excluding hydrogens is 333 g/mol. The maximum Gasteiger partial charge on any atom is 0.239 e. The molecule has 1 aromatic carbocycles. The number of hydrogen-bond donors (Lipinski definition) is 1. The predicted molar refractivity (Wildman–Crippen MR) is 99.5 cm³/mol. The minimum Gasteiger partial charge on any atom is -0.363 e. The third-order valence-corrected chi connectivity index (χ3v) is 4.61. The molecule has 130 valence electrons. The van der Waals surface area contributed by atoms with E-state index in [-0.39, 0.29) is 29.8 Å². The van der Waals surface area contributed by atoms with Crippen LogP contribution < -0.4 is 10.6 Å². The third-order valence-electron chi connectivity index (χ3n) is 4.36. The lowest BCUT2D eigenvalue weighted by Crippen LogP contribution is -2.63. The highest BCUT2D eigenvalue weighted by Crippen LogP contribution is 2.29. The summed E-state index contributed by atoms with van der Waals surface area (Å²) in [6.45, 7) is 10.4. The number of rotatable bonds is 3. The van der Waals surface area contributed by atoms with Gasteiger partial charge in [-0.2, -0.15) is 0 Å². The smallest absolute Gasteiger partial charge is 0.239 e. The summed E-state index contributed by atoms with van der Waals surface area (Å²) in [7, 11) is 0. The van der Waals surface area contributed by atoms with Crippen LogP contribution in [-0.4, -0.2) is 42.0 Å². The van der Waals surface area contributed by atoms with Crippen molar-refractivity contribution in [2.24, 2.45) is 11.7 Å². The molecule has 1 atom stereocenters. The number of amides is 1. The zero-order chi connectivity index (χ0) is 16.5. The molecule has 0 spiro atoms.